The van der Waals surface area contributed by atoms with Crippen LogP contribution >= 0.6 is 0 Å². The Kier molecular flexibility index (Phi) is 3.99. The van der Waals surface area contributed by atoms with Gasteiger partial charge in [0.05, 0.1) is 10.6 Å². The van der Waals surface area contributed by atoms with Gasteiger partial charge in [-0.2, -0.15) is 0 Å². The predicted octanol–water partition coefficient (Wildman–Crippen LogP) is 1.24. The average molecular weight is 291 g/mol. The van der Waals surface area contributed by atoms with Gasteiger partial charge in [-0.15, -0.1) is 0 Å². The third kappa shape index (κ3) is 3.12. The first-order valence-electron chi connectivity index (χ1n) is 5.78. The molecule has 0 saturated heterocycles. The van der Waals surface area contributed by atoms with Crippen LogP contribution in [-0.4, -0.2) is 26.4 Å². The van der Waals surface area contributed by atoms with E-state index in [2.05, 4.69) is 15.0 Å². The first-order chi connectivity index (χ1) is 9.53. The van der Waals surface area contributed by atoms with Gasteiger partial charge >= 0.3 is 0 Å². The summed E-state index contributed by atoms with van der Waals surface area (Å²) in [7, 11) is -2.16. The van der Waals surface area contributed by atoms with Crippen LogP contribution in [0.2, 0.25) is 0 Å². The number of aromatic nitrogens is 1. The molecule has 1 aromatic heterocycles. The summed E-state index contributed by atoms with van der Waals surface area (Å²) in [6.45, 7) is 0. The van der Waals surface area contributed by atoms with Crippen molar-refractivity contribution in [2.24, 2.45) is 0 Å². The van der Waals surface area contributed by atoms with Gasteiger partial charge in [-0.1, -0.05) is 0 Å². The number of hydrogen-bond acceptors (Lipinski definition) is 4. The molecule has 0 aliphatic rings. The monoisotopic (exact) mass is 291 g/mol. The number of anilines is 1. The third-order valence-electron chi connectivity index (χ3n) is 2.59. The van der Waals surface area contributed by atoms with Gasteiger partial charge in [0.15, 0.2) is 0 Å². The Hall–Kier alpha value is -2.41. The van der Waals surface area contributed by atoms with E-state index < -0.39 is 10.0 Å². The fourth-order valence-corrected chi connectivity index (χ4v) is 2.62. The van der Waals surface area contributed by atoms with Crippen LogP contribution in [0.15, 0.2) is 53.7 Å². The number of benzene rings is 1. The smallest absolute Gasteiger partial charge is 0.261 e. The summed E-state index contributed by atoms with van der Waals surface area (Å²) in [6, 6.07) is 8.79. The van der Waals surface area contributed by atoms with Crippen LogP contribution in [0.5, 0.6) is 0 Å². The van der Waals surface area contributed by atoms with Gasteiger partial charge < -0.3 is 5.32 Å². The Labute approximate surface area is 116 Å². The maximum Gasteiger partial charge on any atom is 0.261 e. The Morgan fingerprint density at radius 1 is 1.05 bits per heavy atom. The van der Waals surface area contributed by atoms with Crippen LogP contribution in [0.1, 0.15) is 10.4 Å². The zero-order valence-electron chi connectivity index (χ0n) is 10.7. The minimum absolute atomic E-state index is 0.0852. The molecule has 7 heteroatoms. The standard InChI is InChI=1S/C13H13N3O3S/c1-14-13(17)10-2-4-12(5-3-10)20(18,19)16-11-6-8-15-9-7-11/h2-9H,1H3,(H,14,17)(H,15,16). The Morgan fingerprint density at radius 3 is 2.20 bits per heavy atom. The molecule has 2 rings (SSSR count). The lowest BCUT2D eigenvalue weighted by Crippen LogP contribution is -2.18. The number of nitrogens with one attached hydrogen (secondary N) is 2. The molecule has 20 heavy (non-hydrogen) atoms. The largest absolute Gasteiger partial charge is 0.355 e. The molecule has 1 heterocycles. The van der Waals surface area contributed by atoms with E-state index in [1.807, 2.05) is 0 Å². The molecule has 0 spiro atoms. The molecule has 0 atom stereocenters. The molecular weight excluding hydrogens is 278 g/mol. The lowest BCUT2D eigenvalue weighted by Gasteiger charge is -2.08. The minimum Gasteiger partial charge on any atom is -0.355 e. The molecule has 1 aromatic carbocycles. The Morgan fingerprint density at radius 2 is 1.65 bits per heavy atom. The summed E-state index contributed by atoms with van der Waals surface area (Å²) in [6.07, 6.45) is 2.99. The quantitative estimate of drug-likeness (QED) is 0.887. The number of carbonyl (C=O) groups excluding carboxylic acids is 1. The second-order valence-corrected chi connectivity index (χ2v) is 5.63. The third-order valence-corrected chi connectivity index (χ3v) is 3.98. The molecule has 0 aliphatic carbocycles. The minimum atomic E-state index is -3.67. The van der Waals surface area contributed by atoms with Gasteiger partial charge in [0.1, 0.15) is 0 Å². The molecule has 0 fully saturated rings. The molecule has 1 amide bonds. The summed E-state index contributed by atoms with van der Waals surface area (Å²) >= 11 is 0. The number of amides is 1. The zero-order valence-corrected chi connectivity index (χ0v) is 11.5. The van der Waals surface area contributed by atoms with Crippen molar-refractivity contribution in [3.05, 3.63) is 54.4 Å². The average Bonchev–Trinajstić information content (AvgIpc) is 2.47. The molecule has 0 bridgehead atoms. The van der Waals surface area contributed by atoms with Crippen molar-refractivity contribution >= 4 is 21.6 Å². The lowest BCUT2D eigenvalue weighted by atomic mass is 10.2. The molecule has 0 radical (unpaired) electrons. The van der Waals surface area contributed by atoms with Crippen molar-refractivity contribution in [3.63, 3.8) is 0 Å². The van der Waals surface area contributed by atoms with E-state index in [9.17, 15) is 13.2 Å². The molecule has 0 saturated carbocycles. The number of pyridine rings is 1. The summed E-state index contributed by atoms with van der Waals surface area (Å²) in [5.74, 6) is -0.268. The highest BCUT2D eigenvalue weighted by molar-refractivity contribution is 7.92. The van der Waals surface area contributed by atoms with Crippen molar-refractivity contribution in [2.75, 3.05) is 11.8 Å². The van der Waals surface area contributed by atoms with Crippen LogP contribution in [-0.2, 0) is 10.0 Å². The fourth-order valence-electron chi connectivity index (χ4n) is 1.56. The van der Waals surface area contributed by atoms with Crippen molar-refractivity contribution in [1.82, 2.24) is 10.3 Å². The lowest BCUT2D eigenvalue weighted by molar-refractivity contribution is 0.0963. The molecule has 0 aliphatic heterocycles. The predicted molar refractivity (Wildman–Crippen MR) is 74.9 cm³/mol. The first kappa shape index (κ1) is 14.0. The summed E-state index contributed by atoms with van der Waals surface area (Å²) in [5, 5.41) is 2.47. The van der Waals surface area contributed by atoms with Crippen LogP contribution in [0.3, 0.4) is 0 Å². The van der Waals surface area contributed by atoms with Gasteiger partial charge in [0, 0.05) is 25.0 Å². The van der Waals surface area contributed by atoms with Crippen LogP contribution in [0, 0.1) is 0 Å². The van der Waals surface area contributed by atoms with E-state index in [0.29, 0.717) is 11.3 Å². The molecule has 104 valence electrons. The highest BCUT2D eigenvalue weighted by Crippen LogP contribution is 2.15. The number of carbonyl (C=O) groups is 1. The van der Waals surface area contributed by atoms with Gasteiger partial charge in [-0.3, -0.25) is 14.5 Å². The van der Waals surface area contributed by atoms with Crippen LogP contribution in [0.4, 0.5) is 5.69 Å². The van der Waals surface area contributed by atoms with E-state index in [0.717, 1.165) is 0 Å². The van der Waals surface area contributed by atoms with Crippen molar-refractivity contribution < 1.29 is 13.2 Å². The summed E-state index contributed by atoms with van der Waals surface area (Å²) in [4.78, 5) is 15.3. The molecule has 0 unspecified atom stereocenters. The highest BCUT2D eigenvalue weighted by atomic mass is 32.2. The number of rotatable bonds is 4. The normalized spacial score (nSPS) is 10.8. The van der Waals surface area contributed by atoms with E-state index in [4.69, 9.17) is 0 Å². The van der Waals surface area contributed by atoms with Crippen molar-refractivity contribution in [3.8, 4) is 0 Å². The number of nitrogens with zero attached hydrogens (tertiary/aromatic N) is 1. The van der Waals surface area contributed by atoms with E-state index in [1.54, 1.807) is 12.1 Å². The van der Waals surface area contributed by atoms with Gasteiger partial charge in [0.2, 0.25) is 0 Å². The molecule has 2 aromatic rings. The fraction of sp³-hybridized carbons (Fsp3) is 0.0769. The zero-order chi connectivity index (χ0) is 14.6. The maximum atomic E-state index is 12.1. The van der Waals surface area contributed by atoms with Gasteiger partial charge in [-0.25, -0.2) is 8.42 Å². The SMILES string of the molecule is CNC(=O)c1ccc(S(=O)(=O)Nc2ccncc2)cc1. The highest BCUT2D eigenvalue weighted by Gasteiger charge is 2.14. The summed E-state index contributed by atoms with van der Waals surface area (Å²) in [5.41, 5.74) is 0.825. The first-order valence-corrected chi connectivity index (χ1v) is 7.26. The van der Waals surface area contributed by atoms with Crippen molar-refractivity contribution in [1.29, 1.82) is 0 Å². The van der Waals surface area contributed by atoms with Crippen LogP contribution in [0.25, 0.3) is 0 Å². The van der Waals surface area contributed by atoms with E-state index >= 15 is 0 Å². The topological polar surface area (TPSA) is 88.2 Å². The summed E-state index contributed by atoms with van der Waals surface area (Å²) < 4.78 is 26.7. The second-order valence-electron chi connectivity index (χ2n) is 3.94. The molecular formula is C13H13N3O3S. The van der Waals surface area contributed by atoms with Crippen molar-refractivity contribution in [2.45, 2.75) is 4.90 Å². The second kappa shape index (κ2) is 5.70. The van der Waals surface area contributed by atoms with Gasteiger partial charge in [0.25, 0.3) is 15.9 Å². The number of sulfonamides is 1. The Balaban J connectivity index is 2.24. The van der Waals surface area contributed by atoms with Gasteiger partial charge in [-0.05, 0) is 36.4 Å². The van der Waals surface area contributed by atoms with E-state index in [-0.39, 0.29) is 10.8 Å². The number of hydrogen-bond donors (Lipinski definition) is 2. The van der Waals surface area contributed by atoms with E-state index in [1.165, 1.54) is 43.7 Å². The molecule has 6 nitrogen and oxygen atoms in total. The maximum absolute atomic E-state index is 12.1. The Bertz CT molecular complexity index is 697. The molecule has 2 N–H and O–H groups in total. The van der Waals surface area contributed by atoms with Crippen LogP contribution < -0.4 is 10.0 Å².